The van der Waals surface area contributed by atoms with Crippen molar-refractivity contribution in [3.8, 4) is 0 Å². The molecule has 3 heteroatoms. The fraction of sp³-hybridized carbons (Fsp3) is 0.533. The van der Waals surface area contributed by atoms with E-state index in [1.165, 1.54) is 0 Å². The second-order valence-electron chi connectivity index (χ2n) is 5.75. The van der Waals surface area contributed by atoms with Gasteiger partial charge in [-0.25, -0.2) is 4.79 Å². The highest BCUT2D eigenvalue weighted by atomic mass is 16.4. The minimum absolute atomic E-state index is 0.240. The van der Waals surface area contributed by atoms with Crippen molar-refractivity contribution in [2.45, 2.75) is 34.2 Å². The summed E-state index contributed by atoms with van der Waals surface area (Å²) in [6.45, 7) is 10.5. The van der Waals surface area contributed by atoms with E-state index in [0.717, 1.165) is 12.1 Å². The van der Waals surface area contributed by atoms with Gasteiger partial charge in [0, 0.05) is 13.1 Å². The van der Waals surface area contributed by atoms with Crippen LogP contribution in [0.25, 0.3) is 0 Å². The predicted molar refractivity (Wildman–Crippen MR) is 73.7 cm³/mol. The third-order valence-corrected chi connectivity index (χ3v) is 3.65. The van der Waals surface area contributed by atoms with Crippen molar-refractivity contribution in [2.75, 3.05) is 6.54 Å². The lowest BCUT2D eigenvalue weighted by Gasteiger charge is -2.29. The number of hydrogen-bond donors (Lipinski definition) is 2. The molecule has 2 N–H and O–H groups in total. The van der Waals surface area contributed by atoms with Gasteiger partial charge < -0.3 is 10.4 Å². The van der Waals surface area contributed by atoms with Gasteiger partial charge in [0.25, 0.3) is 0 Å². The summed E-state index contributed by atoms with van der Waals surface area (Å²) < 4.78 is 0. The fourth-order valence-corrected chi connectivity index (χ4v) is 1.55. The number of carbonyl (C=O) groups is 1. The van der Waals surface area contributed by atoms with Gasteiger partial charge in [0.05, 0.1) is 5.56 Å². The first kappa shape index (κ1) is 14.7. The molecule has 0 aliphatic carbocycles. The van der Waals surface area contributed by atoms with E-state index in [1.807, 2.05) is 6.07 Å². The third-order valence-electron chi connectivity index (χ3n) is 3.65. The van der Waals surface area contributed by atoms with Crippen LogP contribution in [-0.2, 0) is 6.54 Å². The predicted octanol–water partition coefficient (Wildman–Crippen LogP) is 3.16. The smallest absolute Gasteiger partial charge is 0.335 e. The number of benzene rings is 1. The van der Waals surface area contributed by atoms with E-state index in [4.69, 9.17) is 5.11 Å². The molecule has 1 rings (SSSR count). The van der Waals surface area contributed by atoms with Crippen molar-refractivity contribution in [1.82, 2.24) is 5.32 Å². The monoisotopic (exact) mass is 249 g/mol. The van der Waals surface area contributed by atoms with Crippen LogP contribution >= 0.6 is 0 Å². The van der Waals surface area contributed by atoms with E-state index < -0.39 is 5.97 Å². The van der Waals surface area contributed by atoms with Crippen LogP contribution in [0.15, 0.2) is 24.3 Å². The summed E-state index contributed by atoms with van der Waals surface area (Å²) in [5.74, 6) is -0.269. The van der Waals surface area contributed by atoms with E-state index in [-0.39, 0.29) is 5.41 Å². The molecule has 0 bridgehead atoms. The number of carboxylic acid groups (broad SMARTS) is 1. The van der Waals surface area contributed by atoms with Crippen LogP contribution in [0.2, 0.25) is 0 Å². The first-order valence-corrected chi connectivity index (χ1v) is 6.36. The van der Waals surface area contributed by atoms with E-state index in [1.54, 1.807) is 18.2 Å². The molecule has 0 amide bonds. The molecule has 0 heterocycles. The normalized spacial score (nSPS) is 11.8. The molecule has 0 aromatic heterocycles. The van der Waals surface area contributed by atoms with Gasteiger partial charge in [-0.1, -0.05) is 39.8 Å². The van der Waals surface area contributed by atoms with Crippen LogP contribution in [0.1, 0.15) is 43.6 Å². The van der Waals surface area contributed by atoms with Crippen molar-refractivity contribution >= 4 is 5.97 Å². The van der Waals surface area contributed by atoms with Gasteiger partial charge >= 0.3 is 5.97 Å². The lowest BCUT2D eigenvalue weighted by molar-refractivity contribution is 0.0696. The molecule has 0 saturated heterocycles. The molecule has 0 spiro atoms. The molecular weight excluding hydrogens is 226 g/mol. The van der Waals surface area contributed by atoms with E-state index in [0.29, 0.717) is 18.0 Å². The summed E-state index contributed by atoms with van der Waals surface area (Å²) in [6, 6.07) is 7.07. The summed E-state index contributed by atoms with van der Waals surface area (Å²) in [6.07, 6.45) is 0. The van der Waals surface area contributed by atoms with Crippen LogP contribution in [-0.4, -0.2) is 17.6 Å². The van der Waals surface area contributed by atoms with E-state index >= 15 is 0 Å². The number of carboxylic acids is 1. The zero-order chi connectivity index (χ0) is 13.8. The number of hydrogen-bond acceptors (Lipinski definition) is 2. The average Bonchev–Trinajstić information content (AvgIpc) is 2.29. The molecule has 3 nitrogen and oxygen atoms in total. The Hall–Kier alpha value is -1.35. The topological polar surface area (TPSA) is 49.3 Å². The number of nitrogens with one attached hydrogen (secondary N) is 1. The maximum Gasteiger partial charge on any atom is 0.335 e. The van der Waals surface area contributed by atoms with E-state index in [9.17, 15) is 4.79 Å². The average molecular weight is 249 g/mol. The molecule has 0 radical (unpaired) electrons. The van der Waals surface area contributed by atoms with Crippen molar-refractivity contribution in [2.24, 2.45) is 11.3 Å². The van der Waals surface area contributed by atoms with Crippen LogP contribution in [0.5, 0.6) is 0 Å². The maximum atomic E-state index is 10.9. The van der Waals surface area contributed by atoms with Crippen LogP contribution in [0, 0.1) is 11.3 Å². The lowest BCUT2D eigenvalue weighted by atomic mass is 9.81. The summed E-state index contributed by atoms with van der Waals surface area (Å²) in [7, 11) is 0. The Labute approximate surface area is 109 Å². The highest BCUT2D eigenvalue weighted by Crippen LogP contribution is 2.24. The third kappa shape index (κ3) is 4.15. The largest absolute Gasteiger partial charge is 0.478 e. The van der Waals surface area contributed by atoms with Gasteiger partial charge in [-0.2, -0.15) is 0 Å². The molecule has 0 aliphatic rings. The Morgan fingerprint density at radius 1 is 1.39 bits per heavy atom. The van der Waals surface area contributed by atoms with Crippen molar-refractivity contribution in [1.29, 1.82) is 0 Å². The summed E-state index contributed by atoms with van der Waals surface area (Å²) in [5.41, 5.74) is 1.59. The number of rotatable bonds is 6. The van der Waals surface area contributed by atoms with Crippen molar-refractivity contribution in [3.63, 3.8) is 0 Å². The molecule has 1 aromatic carbocycles. The molecular formula is C15H23NO2. The summed E-state index contributed by atoms with van der Waals surface area (Å²) in [4.78, 5) is 10.9. The lowest BCUT2D eigenvalue weighted by Crippen LogP contribution is -2.33. The second kappa shape index (κ2) is 6.01. The Morgan fingerprint density at radius 2 is 2.06 bits per heavy atom. The van der Waals surface area contributed by atoms with Crippen molar-refractivity contribution < 1.29 is 9.90 Å². The molecule has 0 aliphatic heterocycles. The summed E-state index contributed by atoms with van der Waals surface area (Å²) >= 11 is 0. The number of aromatic carboxylic acids is 1. The minimum Gasteiger partial charge on any atom is -0.478 e. The van der Waals surface area contributed by atoms with Gasteiger partial charge in [-0.3, -0.25) is 0 Å². The highest BCUT2D eigenvalue weighted by molar-refractivity contribution is 5.87. The minimum atomic E-state index is -0.876. The van der Waals surface area contributed by atoms with Crippen LogP contribution in [0.4, 0.5) is 0 Å². The standard InChI is InChI=1S/C15H23NO2/c1-11(2)15(3,4)10-16-9-12-6-5-7-13(8-12)14(17)18/h5-8,11,16H,9-10H2,1-4H3,(H,17,18). The Kier molecular flexibility index (Phi) is 4.91. The molecule has 100 valence electrons. The van der Waals surface area contributed by atoms with Crippen molar-refractivity contribution in [3.05, 3.63) is 35.4 Å². The zero-order valence-corrected chi connectivity index (χ0v) is 11.7. The van der Waals surface area contributed by atoms with Crippen LogP contribution < -0.4 is 5.32 Å². The first-order valence-electron chi connectivity index (χ1n) is 6.36. The van der Waals surface area contributed by atoms with Gasteiger partial charge in [0.1, 0.15) is 0 Å². The summed E-state index contributed by atoms with van der Waals surface area (Å²) in [5, 5.41) is 12.3. The molecule has 0 fully saturated rings. The maximum absolute atomic E-state index is 10.9. The Bertz CT molecular complexity index is 411. The Balaban J connectivity index is 2.54. The van der Waals surface area contributed by atoms with Gasteiger partial charge in [-0.15, -0.1) is 0 Å². The SMILES string of the molecule is CC(C)C(C)(C)CNCc1cccc(C(=O)O)c1. The first-order chi connectivity index (χ1) is 8.33. The molecule has 18 heavy (non-hydrogen) atoms. The fourth-order valence-electron chi connectivity index (χ4n) is 1.55. The zero-order valence-electron chi connectivity index (χ0n) is 11.7. The molecule has 0 atom stereocenters. The molecule has 1 aromatic rings. The quantitative estimate of drug-likeness (QED) is 0.814. The molecule has 0 saturated carbocycles. The van der Waals surface area contributed by atoms with Crippen LogP contribution in [0.3, 0.4) is 0 Å². The van der Waals surface area contributed by atoms with Gasteiger partial charge in [0.2, 0.25) is 0 Å². The molecule has 0 unspecified atom stereocenters. The van der Waals surface area contributed by atoms with Gasteiger partial charge in [0.15, 0.2) is 0 Å². The Morgan fingerprint density at radius 3 is 2.61 bits per heavy atom. The second-order valence-corrected chi connectivity index (χ2v) is 5.75. The highest BCUT2D eigenvalue weighted by Gasteiger charge is 2.21. The van der Waals surface area contributed by atoms with Gasteiger partial charge in [-0.05, 0) is 29.0 Å². The van der Waals surface area contributed by atoms with E-state index in [2.05, 4.69) is 33.0 Å².